The van der Waals surface area contributed by atoms with Crippen LogP contribution in [0.15, 0.2) is 48.5 Å². The zero-order valence-electron chi connectivity index (χ0n) is 15.8. The minimum Gasteiger partial charge on any atom is -0.369 e. The molecule has 27 heavy (non-hydrogen) atoms. The molecule has 2 aromatic carbocycles. The third kappa shape index (κ3) is 3.62. The molecular formula is C21H26N4O2. The van der Waals surface area contributed by atoms with Gasteiger partial charge in [0.15, 0.2) is 0 Å². The first-order chi connectivity index (χ1) is 13.1. The lowest BCUT2D eigenvalue weighted by atomic mass is 10.0. The van der Waals surface area contributed by atoms with Gasteiger partial charge in [-0.1, -0.05) is 30.3 Å². The molecule has 2 aliphatic rings. The summed E-state index contributed by atoms with van der Waals surface area (Å²) in [7, 11) is 2.13. The molecule has 0 saturated carbocycles. The van der Waals surface area contributed by atoms with Crippen LogP contribution in [0.2, 0.25) is 0 Å². The third-order valence-corrected chi connectivity index (χ3v) is 5.77. The molecule has 6 heteroatoms. The number of piperazine rings is 1. The second kappa shape index (κ2) is 7.56. The topological polar surface area (TPSA) is 52.9 Å². The average molecular weight is 366 g/mol. The van der Waals surface area contributed by atoms with Crippen LogP contribution in [0.1, 0.15) is 24.4 Å². The molecule has 2 saturated heterocycles. The van der Waals surface area contributed by atoms with Gasteiger partial charge in [0.1, 0.15) is 5.69 Å². The van der Waals surface area contributed by atoms with Gasteiger partial charge in [-0.2, -0.15) is 0 Å². The van der Waals surface area contributed by atoms with E-state index in [4.69, 9.17) is 0 Å². The summed E-state index contributed by atoms with van der Waals surface area (Å²) in [6.45, 7) is 4.80. The lowest BCUT2D eigenvalue weighted by Gasteiger charge is -2.35. The van der Waals surface area contributed by atoms with E-state index in [0.29, 0.717) is 0 Å². The minimum atomic E-state index is -0.247. The number of rotatable bonds is 4. The number of hydrogen-bond acceptors (Lipinski definition) is 5. The molecule has 2 heterocycles. The Labute approximate surface area is 160 Å². The fourth-order valence-electron chi connectivity index (χ4n) is 4.23. The molecule has 2 aromatic rings. The normalized spacial score (nSPS) is 20.9. The molecule has 2 aliphatic heterocycles. The summed E-state index contributed by atoms with van der Waals surface area (Å²) in [6, 6.07) is 16.2. The summed E-state index contributed by atoms with van der Waals surface area (Å²) in [5.41, 5.74) is 3.27. The van der Waals surface area contributed by atoms with E-state index >= 15 is 0 Å². The quantitative estimate of drug-likeness (QED) is 0.610. The molecule has 0 unspecified atom stereocenters. The molecule has 6 nitrogen and oxygen atoms in total. The molecule has 0 amide bonds. The van der Waals surface area contributed by atoms with Crippen molar-refractivity contribution in [1.82, 2.24) is 4.90 Å². The monoisotopic (exact) mass is 366 g/mol. The Morgan fingerprint density at radius 2 is 1.74 bits per heavy atom. The van der Waals surface area contributed by atoms with Crippen LogP contribution in [-0.4, -0.2) is 49.6 Å². The maximum atomic E-state index is 11.7. The third-order valence-electron chi connectivity index (χ3n) is 5.77. The number of hydrogen-bond donors (Lipinski definition) is 0. The first kappa shape index (κ1) is 17.8. The Hall–Kier alpha value is -2.60. The summed E-state index contributed by atoms with van der Waals surface area (Å²) in [6.07, 6.45) is 2.08. The Kier molecular flexibility index (Phi) is 4.99. The number of nitro benzene ring substituents is 1. The zero-order valence-corrected chi connectivity index (χ0v) is 15.8. The maximum absolute atomic E-state index is 11.7. The predicted octanol–water partition coefficient (Wildman–Crippen LogP) is 3.69. The van der Waals surface area contributed by atoms with Crippen LogP contribution in [-0.2, 0) is 0 Å². The van der Waals surface area contributed by atoms with Crippen LogP contribution in [0, 0.1) is 10.1 Å². The Balaban J connectivity index is 1.69. The number of nitrogens with zero attached hydrogens (tertiary/aromatic N) is 4. The van der Waals surface area contributed by atoms with Crippen molar-refractivity contribution in [3.8, 4) is 0 Å². The van der Waals surface area contributed by atoms with Gasteiger partial charge in [-0.25, -0.2) is 0 Å². The van der Waals surface area contributed by atoms with Gasteiger partial charge in [0.25, 0.3) is 5.69 Å². The summed E-state index contributed by atoms with van der Waals surface area (Å²) < 4.78 is 0. The van der Waals surface area contributed by atoms with Crippen LogP contribution in [0.3, 0.4) is 0 Å². The van der Waals surface area contributed by atoms with Crippen LogP contribution >= 0.6 is 0 Å². The van der Waals surface area contributed by atoms with Crippen molar-refractivity contribution < 1.29 is 4.92 Å². The van der Waals surface area contributed by atoms with Gasteiger partial charge in [-0.3, -0.25) is 10.1 Å². The van der Waals surface area contributed by atoms with E-state index in [1.807, 2.05) is 30.3 Å². The highest BCUT2D eigenvalue weighted by molar-refractivity contribution is 5.71. The van der Waals surface area contributed by atoms with Gasteiger partial charge >= 0.3 is 0 Å². The van der Waals surface area contributed by atoms with E-state index in [1.54, 1.807) is 6.07 Å². The van der Waals surface area contributed by atoms with E-state index < -0.39 is 0 Å². The van der Waals surface area contributed by atoms with Gasteiger partial charge < -0.3 is 14.7 Å². The van der Waals surface area contributed by atoms with Crippen LogP contribution in [0.5, 0.6) is 0 Å². The van der Waals surface area contributed by atoms with Crippen molar-refractivity contribution in [2.45, 2.75) is 18.9 Å². The van der Waals surface area contributed by atoms with E-state index in [-0.39, 0.29) is 16.7 Å². The van der Waals surface area contributed by atoms with E-state index in [0.717, 1.165) is 56.9 Å². The summed E-state index contributed by atoms with van der Waals surface area (Å²) >= 11 is 0. The van der Waals surface area contributed by atoms with Crippen molar-refractivity contribution in [3.63, 3.8) is 0 Å². The number of benzene rings is 2. The highest BCUT2D eigenvalue weighted by Crippen LogP contribution is 2.42. The van der Waals surface area contributed by atoms with Crippen molar-refractivity contribution in [2.75, 3.05) is 49.6 Å². The molecule has 142 valence electrons. The molecule has 0 spiro atoms. The first-order valence-corrected chi connectivity index (χ1v) is 9.67. The number of nitro groups is 1. The SMILES string of the molecule is CN1CCN(c2ccc([N+](=O)[O-])c(N3CCC[C@@H]3c3ccccc3)c2)CC1. The van der Waals surface area contributed by atoms with Crippen molar-refractivity contribution in [2.24, 2.45) is 0 Å². The average Bonchev–Trinajstić information content (AvgIpc) is 3.18. The fourth-order valence-corrected chi connectivity index (χ4v) is 4.23. The largest absolute Gasteiger partial charge is 0.369 e. The Morgan fingerprint density at radius 3 is 2.44 bits per heavy atom. The van der Waals surface area contributed by atoms with E-state index in [2.05, 4.69) is 33.9 Å². The summed E-state index contributed by atoms with van der Waals surface area (Å²) in [5.74, 6) is 0. The van der Waals surface area contributed by atoms with Gasteiger partial charge in [-0.05, 0) is 37.6 Å². The Bertz CT molecular complexity index is 803. The standard InChI is InChI=1S/C21H26N4O2/c1-22-12-14-23(15-13-22)18-9-10-20(25(26)27)21(16-18)24-11-5-8-19(24)17-6-3-2-4-7-17/h2-4,6-7,9-10,16,19H,5,8,11-15H2,1H3/t19-/m1/s1. The molecule has 4 rings (SSSR count). The lowest BCUT2D eigenvalue weighted by molar-refractivity contribution is -0.384. The van der Waals surface area contributed by atoms with Gasteiger partial charge in [-0.15, -0.1) is 0 Å². The molecule has 0 aliphatic carbocycles. The van der Waals surface area contributed by atoms with Crippen LogP contribution < -0.4 is 9.80 Å². The molecule has 0 bridgehead atoms. The van der Waals surface area contributed by atoms with Gasteiger partial charge in [0.2, 0.25) is 0 Å². The van der Waals surface area contributed by atoms with Crippen molar-refractivity contribution in [3.05, 3.63) is 64.2 Å². The second-order valence-electron chi connectivity index (χ2n) is 7.48. The van der Waals surface area contributed by atoms with E-state index in [1.165, 1.54) is 5.56 Å². The highest BCUT2D eigenvalue weighted by Gasteiger charge is 2.31. The maximum Gasteiger partial charge on any atom is 0.292 e. The lowest BCUT2D eigenvalue weighted by Crippen LogP contribution is -2.44. The molecular weight excluding hydrogens is 340 g/mol. The number of anilines is 2. The Morgan fingerprint density at radius 1 is 1.00 bits per heavy atom. The summed E-state index contributed by atoms with van der Waals surface area (Å²) in [5, 5.41) is 11.7. The molecule has 0 N–H and O–H groups in total. The van der Waals surface area contributed by atoms with Crippen LogP contribution in [0.25, 0.3) is 0 Å². The van der Waals surface area contributed by atoms with Crippen molar-refractivity contribution in [1.29, 1.82) is 0 Å². The molecule has 2 fully saturated rings. The van der Waals surface area contributed by atoms with Gasteiger partial charge in [0, 0.05) is 44.5 Å². The fraction of sp³-hybridized carbons (Fsp3) is 0.429. The summed E-state index contributed by atoms with van der Waals surface area (Å²) in [4.78, 5) is 18.3. The zero-order chi connectivity index (χ0) is 18.8. The first-order valence-electron chi connectivity index (χ1n) is 9.67. The second-order valence-corrected chi connectivity index (χ2v) is 7.48. The van der Waals surface area contributed by atoms with Gasteiger partial charge in [0.05, 0.1) is 11.0 Å². The molecule has 0 aromatic heterocycles. The van der Waals surface area contributed by atoms with E-state index in [9.17, 15) is 10.1 Å². The van der Waals surface area contributed by atoms with Crippen LogP contribution in [0.4, 0.5) is 17.1 Å². The highest BCUT2D eigenvalue weighted by atomic mass is 16.6. The minimum absolute atomic E-state index is 0.202. The molecule has 0 radical (unpaired) electrons. The van der Waals surface area contributed by atoms with Crippen molar-refractivity contribution >= 4 is 17.1 Å². The smallest absolute Gasteiger partial charge is 0.292 e. The predicted molar refractivity (Wildman–Crippen MR) is 109 cm³/mol. The molecule has 1 atom stereocenters. The number of likely N-dealkylation sites (N-methyl/N-ethyl adjacent to an activating group) is 1.